The zero-order valence-electron chi connectivity index (χ0n) is 13.3. The minimum atomic E-state index is -3.40. The normalized spacial score (nSPS) is 11.9. The molecule has 0 aliphatic carbocycles. The Morgan fingerprint density at radius 2 is 1.91 bits per heavy atom. The molecule has 0 unspecified atom stereocenters. The van der Waals surface area contributed by atoms with Crippen LogP contribution in [0.25, 0.3) is 10.9 Å². The van der Waals surface area contributed by atoms with E-state index in [1.165, 1.54) is 20.9 Å². The van der Waals surface area contributed by atoms with Crippen LogP contribution in [-0.4, -0.2) is 38.5 Å². The Bertz CT molecular complexity index is 741. The molecular formula is C15H24ClN2O2SSn. The molecule has 2 aromatic rings. The molecule has 2 N–H and O–H groups in total. The van der Waals surface area contributed by atoms with Gasteiger partial charge in [-0.15, -0.1) is 12.4 Å². The van der Waals surface area contributed by atoms with Crippen LogP contribution in [0.5, 0.6) is 0 Å². The number of nitrogens with zero attached hydrogens (tertiary/aromatic N) is 1. The van der Waals surface area contributed by atoms with Crippen LogP contribution >= 0.6 is 12.4 Å². The van der Waals surface area contributed by atoms with Crippen molar-refractivity contribution in [1.82, 2.24) is 4.57 Å². The maximum absolute atomic E-state index is 11.1. The van der Waals surface area contributed by atoms with Crippen LogP contribution in [0.1, 0.15) is 11.1 Å². The molecule has 0 bridgehead atoms. The van der Waals surface area contributed by atoms with Crippen LogP contribution in [0.2, 0.25) is 14.3 Å². The maximum atomic E-state index is 11.1. The van der Waals surface area contributed by atoms with E-state index in [-0.39, 0.29) is 18.2 Å². The van der Waals surface area contributed by atoms with Crippen LogP contribution in [-0.2, 0) is 29.9 Å². The van der Waals surface area contributed by atoms with Gasteiger partial charge < -0.3 is 0 Å². The standard InChI is InChI=1S/C13H17N2O2S.2CH3.ClH.Sn/c1-3-11-9-15(2)13-5-4-10(8-12(11)13)6-7-18(14,16)17;;;;/h4-5,8-9H,1,3,6-7H2,2H3,(H2,14,16,17);2*1H3;1H;. The predicted molar refractivity (Wildman–Crippen MR) is 97.8 cm³/mol. The number of hydrogen-bond acceptors (Lipinski definition) is 2. The summed E-state index contributed by atoms with van der Waals surface area (Å²) in [5.41, 5.74) is 3.63. The van der Waals surface area contributed by atoms with Crippen molar-refractivity contribution in [3.63, 3.8) is 0 Å². The van der Waals surface area contributed by atoms with Crippen LogP contribution < -0.4 is 5.14 Å². The third kappa shape index (κ3) is 5.44. The van der Waals surface area contributed by atoms with Crippen molar-refractivity contribution < 1.29 is 8.42 Å². The first-order chi connectivity index (χ1) is 9.76. The number of sulfonamides is 1. The molecule has 0 fully saturated rings. The summed E-state index contributed by atoms with van der Waals surface area (Å²) in [6.07, 6.45) is 3.82. The second-order valence-corrected chi connectivity index (χ2v) is 16.0. The fourth-order valence-electron chi connectivity index (χ4n) is 2.52. The number of rotatable bonds is 6. The summed E-state index contributed by atoms with van der Waals surface area (Å²) >= 11 is -1.08. The number of benzene rings is 1. The molecule has 0 saturated carbocycles. The van der Waals surface area contributed by atoms with Gasteiger partial charge >= 0.3 is 134 Å². The molecular weight excluding hydrogens is 426 g/mol. The molecule has 123 valence electrons. The van der Waals surface area contributed by atoms with Gasteiger partial charge in [0.25, 0.3) is 0 Å². The molecule has 7 heteroatoms. The molecule has 0 spiro atoms. The van der Waals surface area contributed by atoms with Crippen LogP contribution in [0.3, 0.4) is 0 Å². The third-order valence-electron chi connectivity index (χ3n) is 3.71. The Balaban J connectivity index is 0.00000242. The molecule has 1 aromatic carbocycles. The van der Waals surface area contributed by atoms with E-state index in [1.807, 2.05) is 6.07 Å². The minimum absolute atomic E-state index is 0. The SMILES string of the molecule is Cl.Cn1cc(C[CH2][Sn]([CH3])[CH3])c2cc(CCS(N)(=O)=O)ccc21. The van der Waals surface area contributed by atoms with Gasteiger partial charge in [-0.3, -0.25) is 0 Å². The van der Waals surface area contributed by atoms with Crippen molar-refractivity contribution in [2.24, 2.45) is 12.2 Å². The molecule has 0 aliphatic heterocycles. The zero-order chi connectivity index (χ0) is 15.6. The molecule has 0 saturated heterocycles. The van der Waals surface area contributed by atoms with Gasteiger partial charge in [-0.1, -0.05) is 0 Å². The summed E-state index contributed by atoms with van der Waals surface area (Å²) in [5, 5.41) is 6.34. The van der Waals surface area contributed by atoms with Crippen LogP contribution in [0, 0.1) is 0 Å². The fraction of sp³-hybridized carbons (Fsp3) is 0.467. The molecule has 0 atom stereocenters. The van der Waals surface area contributed by atoms with E-state index < -0.39 is 29.8 Å². The van der Waals surface area contributed by atoms with Gasteiger partial charge in [0, 0.05) is 0 Å². The fourth-order valence-corrected chi connectivity index (χ4v) is 5.24. The summed E-state index contributed by atoms with van der Waals surface area (Å²) in [7, 11) is -1.34. The van der Waals surface area contributed by atoms with Crippen molar-refractivity contribution in [3.05, 3.63) is 35.5 Å². The van der Waals surface area contributed by atoms with Crippen molar-refractivity contribution in [2.45, 2.75) is 27.2 Å². The van der Waals surface area contributed by atoms with E-state index in [0.29, 0.717) is 6.42 Å². The van der Waals surface area contributed by atoms with Crippen molar-refractivity contribution >= 4 is 53.1 Å². The van der Waals surface area contributed by atoms with Crippen LogP contribution in [0.4, 0.5) is 0 Å². The van der Waals surface area contributed by atoms with Gasteiger partial charge in [0.15, 0.2) is 0 Å². The summed E-state index contributed by atoms with van der Waals surface area (Å²) in [5.74, 6) is 0.00244. The topological polar surface area (TPSA) is 65.1 Å². The van der Waals surface area contributed by atoms with Gasteiger partial charge in [0.1, 0.15) is 0 Å². The predicted octanol–water partition coefficient (Wildman–Crippen LogP) is 2.73. The molecule has 2 rings (SSSR count). The number of fused-ring (bicyclic) bond motifs is 1. The van der Waals surface area contributed by atoms with Gasteiger partial charge in [-0.25, -0.2) is 0 Å². The number of primary sulfonamides is 1. The summed E-state index contributed by atoms with van der Waals surface area (Å²) in [4.78, 5) is 4.84. The molecule has 1 radical (unpaired) electrons. The number of aromatic nitrogens is 1. The quantitative estimate of drug-likeness (QED) is 0.688. The second-order valence-electron chi connectivity index (χ2n) is 5.94. The van der Waals surface area contributed by atoms with Gasteiger partial charge in [0.05, 0.1) is 0 Å². The Kier molecular flexibility index (Phi) is 7.23. The van der Waals surface area contributed by atoms with E-state index in [4.69, 9.17) is 5.14 Å². The number of aryl methyl sites for hydroxylation is 3. The first-order valence-corrected chi connectivity index (χ1v) is 16.6. The van der Waals surface area contributed by atoms with E-state index >= 15 is 0 Å². The van der Waals surface area contributed by atoms with E-state index in [1.54, 1.807) is 0 Å². The van der Waals surface area contributed by atoms with Gasteiger partial charge in [0.2, 0.25) is 0 Å². The molecule has 0 aliphatic rings. The zero-order valence-corrected chi connectivity index (χ0v) is 17.8. The first-order valence-electron chi connectivity index (χ1n) is 7.12. The average Bonchev–Trinajstić information content (AvgIpc) is 2.70. The first kappa shape index (κ1) is 19.8. The second kappa shape index (κ2) is 8.04. The Morgan fingerprint density at radius 3 is 2.50 bits per heavy atom. The summed E-state index contributed by atoms with van der Waals surface area (Å²) in [6, 6.07) is 6.21. The molecule has 22 heavy (non-hydrogen) atoms. The van der Waals surface area contributed by atoms with Crippen molar-refractivity contribution in [2.75, 3.05) is 5.75 Å². The van der Waals surface area contributed by atoms with Crippen LogP contribution in [0.15, 0.2) is 24.4 Å². The van der Waals surface area contributed by atoms with E-state index in [9.17, 15) is 8.42 Å². The summed E-state index contributed by atoms with van der Waals surface area (Å²) in [6.45, 7) is 0. The molecule has 1 heterocycles. The average molecular weight is 451 g/mol. The Morgan fingerprint density at radius 1 is 1.23 bits per heavy atom. The Hall–Kier alpha value is -0.241. The number of halogens is 1. The number of nitrogens with two attached hydrogens (primary N) is 1. The van der Waals surface area contributed by atoms with Gasteiger partial charge in [-0.2, -0.15) is 0 Å². The number of hydrogen-bond donors (Lipinski definition) is 1. The van der Waals surface area contributed by atoms with Gasteiger partial charge in [-0.05, 0) is 0 Å². The molecule has 0 amide bonds. The Labute approximate surface area is 146 Å². The van der Waals surface area contributed by atoms with Crippen molar-refractivity contribution in [1.29, 1.82) is 0 Å². The third-order valence-corrected chi connectivity index (χ3v) is 8.05. The summed E-state index contributed by atoms with van der Waals surface area (Å²) < 4.78 is 25.7. The van der Waals surface area contributed by atoms with E-state index in [0.717, 1.165) is 12.0 Å². The molecule has 4 nitrogen and oxygen atoms in total. The van der Waals surface area contributed by atoms with Crippen molar-refractivity contribution in [3.8, 4) is 0 Å². The monoisotopic (exact) mass is 451 g/mol. The molecule has 1 aromatic heterocycles. The van der Waals surface area contributed by atoms with E-state index in [2.05, 4.69) is 39.8 Å².